The summed E-state index contributed by atoms with van der Waals surface area (Å²) < 4.78 is 0. The van der Waals surface area contributed by atoms with Crippen LogP contribution in [0.15, 0.2) is 18.2 Å². The van der Waals surface area contributed by atoms with Crippen molar-refractivity contribution in [3.05, 3.63) is 23.2 Å². The highest BCUT2D eigenvalue weighted by molar-refractivity contribution is 6.31. The Balaban J connectivity index is 1.93. The van der Waals surface area contributed by atoms with Crippen LogP contribution >= 0.6 is 11.6 Å². The van der Waals surface area contributed by atoms with Gasteiger partial charge in [-0.3, -0.25) is 14.5 Å². The number of benzene rings is 1. The van der Waals surface area contributed by atoms with E-state index >= 15 is 0 Å². The molecular weight excluding hydrogens is 280 g/mol. The molecule has 4 N–H and O–H groups in total. The molecule has 108 valence electrons. The summed E-state index contributed by atoms with van der Waals surface area (Å²) in [7, 11) is 0. The fourth-order valence-electron chi connectivity index (χ4n) is 2.04. The number of carbonyl (C=O) groups is 2. The number of nitrogens with two attached hydrogens (primary N) is 1. The molecular formula is C13H17ClN4O2. The minimum atomic E-state index is -0.200. The second-order valence-electron chi connectivity index (χ2n) is 4.69. The van der Waals surface area contributed by atoms with Crippen molar-refractivity contribution < 1.29 is 9.59 Å². The van der Waals surface area contributed by atoms with Gasteiger partial charge in [-0.15, -0.1) is 0 Å². The predicted molar refractivity (Wildman–Crippen MR) is 78.6 cm³/mol. The maximum atomic E-state index is 12.0. The van der Waals surface area contributed by atoms with E-state index in [4.69, 9.17) is 17.3 Å². The molecule has 0 radical (unpaired) electrons. The van der Waals surface area contributed by atoms with Crippen molar-refractivity contribution in [1.82, 2.24) is 10.2 Å². The van der Waals surface area contributed by atoms with E-state index in [1.165, 1.54) is 0 Å². The van der Waals surface area contributed by atoms with E-state index in [-0.39, 0.29) is 24.9 Å². The lowest BCUT2D eigenvalue weighted by molar-refractivity contribution is -0.122. The van der Waals surface area contributed by atoms with Crippen LogP contribution < -0.4 is 16.4 Å². The average Bonchev–Trinajstić information content (AvgIpc) is 2.57. The van der Waals surface area contributed by atoms with E-state index in [1.54, 1.807) is 18.2 Å². The number of nitrogen functional groups attached to an aromatic ring is 1. The van der Waals surface area contributed by atoms with Gasteiger partial charge >= 0.3 is 0 Å². The van der Waals surface area contributed by atoms with Gasteiger partial charge in [0.15, 0.2) is 0 Å². The van der Waals surface area contributed by atoms with Gasteiger partial charge in [0.2, 0.25) is 11.8 Å². The Morgan fingerprint density at radius 3 is 3.05 bits per heavy atom. The maximum absolute atomic E-state index is 12.0. The molecule has 0 aromatic heterocycles. The standard InChI is InChI=1S/C13H17ClN4O2/c14-9-2-3-11(10(15)6-9)17-13(20)8-18-5-1-4-16-12(19)7-18/h2-3,6H,1,4-5,7-8,15H2,(H,16,19)(H,17,20). The predicted octanol–water partition coefficient (Wildman–Crippen LogP) is 0.683. The zero-order chi connectivity index (χ0) is 14.5. The molecule has 20 heavy (non-hydrogen) atoms. The second kappa shape index (κ2) is 6.58. The van der Waals surface area contributed by atoms with Gasteiger partial charge in [-0.2, -0.15) is 0 Å². The summed E-state index contributed by atoms with van der Waals surface area (Å²) >= 11 is 5.80. The Kier molecular flexibility index (Phi) is 4.81. The van der Waals surface area contributed by atoms with Crippen LogP contribution in [0, 0.1) is 0 Å². The zero-order valence-corrected chi connectivity index (χ0v) is 11.7. The first-order valence-electron chi connectivity index (χ1n) is 6.38. The van der Waals surface area contributed by atoms with Crippen molar-refractivity contribution in [3.8, 4) is 0 Å². The highest BCUT2D eigenvalue weighted by Gasteiger charge is 2.17. The van der Waals surface area contributed by atoms with E-state index < -0.39 is 0 Å². The van der Waals surface area contributed by atoms with Crippen LogP contribution in [0.2, 0.25) is 5.02 Å². The Morgan fingerprint density at radius 1 is 1.50 bits per heavy atom. The zero-order valence-electron chi connectivity index (χ0n) is 11.0. The first kappa shape index (κ1) is 14.6. The lowest BCUT2D eigenvalue weighted by atomic mass is 10.2. The molecule has 1 saturated heterocycles. The normalized spacial score (nSPS) is 16.4. The number of carbonyl (C=O) groups excluding carboxylic acids is 2. The number of rotatable bonds is 3. The molecule has 1 heterocycles. The van der Waals surface area contributed by atoms with Gasteiger partial charge in [0.25, 0.3) is 0 Å². The van der Waals surface area contributed by atoms with E-state index in [0.29, 0.717) is 29.5 Å². The van der Waals surface area contributed by atoms with Crippen molar-refractivity contribution >= 4 is 34.8 Å². The molecule has 1 fully saturated rings. The van der Waals surface area contributed by atoms with E-state index in [1.807, 2.05) is 4.90 Å². The van der Waals surface area contributed by atoms with E-state index in [0.717, 1.165) is 6.42 Å². The SMILES string of the molecule is Nc1cc(Cl)ccc1NC(=O)CN1CCCNC(=O)C1. The number of anilines is 2. The smallest absolute Gasteiger partial charge is 0.238 e. The first-order chi connectivity index (χ1) is 9.54. The second-order valence-corrected chi connectivity index (χ2v) is 5.13. The average molecular weight is 297 g/mol. The van der Waals surface area contributed by atoms with Crippen molar-refractivity contribution in [1.29, 1.82) is 0 Å². The van der Waals surface area contributed by atoms with Crippen molar-refractivity contribution in [2.45, 2.75) is 6.42 Å². The summed E-state index contributed by atoms with van der Waals surface area (Å²) in [6.45, 7) is 1.77. The Labute approximate surface area is 122 Å². The highest BCUT2D eigenvalue weighted by atomic mass is 35.5. The van der Waals surface area contributed by atoms with Gasteiger partial charge < -0.3 is 16.4 Å². The van der Waals surface area contributed by atoms with E-state index in [9.17, 15) is 9.59 Å². The summed E-state index contributed by atoms with van der Waals surface area (Å²) in [5, 5.41) is 6.01. The van der Waals surface area contributed by atoms with Gasteiger partial charge in [0.05, 0.1) is 24.5 Å². The molecule has 0 saturated carbocycles. The Morgan fingerprint density at radius 2 is 2.30 bits per heavy atom. The minimum absolute atomic E-state index is 0.0543. The molecule has 6 nitrogen and oxygen atoms in total. The van der Waals surface area contributed by atoms with Crippen LogP contribution in [-0.4, -0.2) is 42.9 Å². The van der Waals surface area contributed by atoms with Crippen LogP contribution in [0.25, 0.3) is 0 Å². The van der Waals surface area contributed by atoms with Gasteiger partial charge in [-0.05, 0) is 24.6 Å². The van der Waals surface area contributed by atoms with Crippen LogP contribution in [0.3, 0.4) is 0 Å². The number of nitrogens with one attached hydrogen (secondary N) is 2. The first-order valence-corrected chi connectivity index (χ1v) is 6.76. The summed E-state index contributed by atoms with van der Waals surface area (Å²) in [6.07, 6.45) is 0.835. The number of nitrogens with zero attached hydrogens (tertiary/aromatic N) is 1. The minimum Gasteiger partial charge on any atom is -0.397 e. The molecule has 0 atom stereocenters. The molecule has 1 aromatic rings. The Hall–Kier alpha value is -1.79. The largest absolute Gasteiger partial charge is 0.397 e. The summed E-state index contributed by atoms with van der Waals surface area (Å²) in [5.74, 6) is -0.255. The molecule has 0 bridgehead atoms. The topological polar surface area (TPSA) is 87.5 Å². The van der Waals surface area contributed by atoms with E-state index in [2.05, 4.69) is 10.6 Å². The third kappa shape index (κ3) is 4.11. The van der Waals surface area contributed by atoms with Crippen LogP contribution in [0.5, 0.6) is 0 Å². The fraction of sp³-hybridized carbons (Fsp3) is 0.385. The van der Waals surface area contributed by atoms with Gasteiger partial charge in [0.1, 0.15) is 0 Å². The molecule has 1 aliphatic rings. The van der Waals surface area contributed by atoms with Crippen LogP contribution in [0.1, 0.15) is 6.42 Å². The number of halogens is 1. The summed E-state index contributed by atoms with van der Waals surface area (Å²) in [5.41, 5.74) is 6.72. The van der Waals surface area contributed by atoms with Gasteiger partial charge in [-0.1, -0.05) is 11.6 Å². The van der Waals surface area contributed by atoms with Crippen LogP contribution in [0.4, 0.5) is 11.4 Å². The number of amides is 2. The molecule has 1 aromatic carbocycles. The van der Waals surface area contributed by atoms with Crippen LogP contribution in [-0.2, 0) is 9.59 Å². The highest BCUT2D eigenvalue weighted by Crippen LogP contribution is 2.22. The van der Waals surface area contributed by atoms with Crippen molar-refractivity contribution in [3.63, 3.8) is 0 Å². The summed E-state index contributed by atoms with van der Waals surface area (Å²) in [4.78, 5) is 25.2. The molecule has 0 spiro atoms. The molecule has 1 aliphatic heterocycles. The Bertz CT molecular complexity index is 521. The third-order valence-corrected chi connectivity index (χ3v) is 3.23. The molecule has 7 heteroatoms. The van der Waals surface area contributed by atoms with Gasteiger partial charge in [-0.25, -0.2) is 0 Å². The van der Waals surface area contributed by atoms with Gasteiger partial charge in [0, 0.05) is 18.1 Å². The van der Waals surface area contributed by atoms with Crippen molar-refractivity contribution in [2.24, 2.45) is 0 Å². The fourth-order valence-corrected chi connectivity index (χ4v) is 2.22. The number of hydrogen-bond donors (Lipinski definition) is 3. The summed E-state index contributed by atoms with van der Waals surface area (Å²) in [6, 6.07) is 4.90. The third-order valence-electron chi connectivity index (χ3n) is 3.00. The van der Waals surface area contributed by atoms with Crippen molar-refractivity contribution in [2.75, 3.05) is 37.2 Å². The molecule has 0 unspecified atom stereocenters. The monoisotopic (exact) mass is 296 g/mol. The quantitative estimate of drug-likeness (QED) is 0.716. The number of hydrogen-bond acceptors (Lipinski definition) is 4. The molecule has 2 amide bonds. The maximum Gasteiger partial charge on any atom is 0.238 e. The lowest BCUT2D eigenvalue weighted by Crippen LogP contribution is -2.38. The molecule has 2 rings (SSSR count). The molecule has 0 aliphatic carbocycles. The lowest BCUT2D eigenvalue weighted by Gasteiger charge is -2.18.